The molecule has 0 atom stereocenters. The molecule has 0 radical (unpaired) electrons. The van der Waals surface area contributed by atoms with E-state index >= 15 is 0 Å². The zero-order valence-corrected chi connectivity index (χ0v) is 10.3. The Morgan fingerprint density at radius 1 is 1.44 bits per heavy atom. The second-order valence-electron chi connectivity index (χ2n) is 3.76. The summed E-state index contributed by atoms with van der Waals surface area (Å²) in [4.78, 5) is 7.78. The first-order valence-corrected chi connectivity index (χ1v) is 5.61. The standard InChI is InChI=1S/C11H15FN6/c1-13-11-15-7-9(12)10(17-11)14-5-3-8-4-6-16-18(8)2/h4,6-7H,3,5H2,1-2H3,(H2,13,14,15,17). The molecule has 2 aromatic heterocycles. The molecule has 0 saturated heterocycles. The summed E-state index contributed by atoms with van der Waals surface area (Å²) in [7, 11) is 3.56. The van der Waals surface area contributed by atoms with Crippen molar-refractivity contribution in [3.8, 4) is 0 Å². The molecule has 0 aliphatic rings. The second-order valence-corrected chi connectivity index (χ2v) is 3.76. The largest absolute Gasteiger partial charge is 0.367 e. The lowest BCUT2D eigenvalue weighted by atomic mass is 10.3. The molecular weight excluding hydrogens is 235 g/mol. The number of aromatic nitrogens is 4. The van der Waals surface area contributed by atoms with E-state index in [0.717, 1.165) is 18.3 Å². The summed E-state index contributed by atoms with van der Waals surface area (Å²) in [6.45, 7) is 0.580. The van der Waals surface area contributed by atoms with Crippen LogP contribution < -0.4 is 10.6 Å². The zero-order chi connectivity index (χ0) is 13.0. The summed E-state index contributed by atoms with van der Waals surface area (Å²) >= 11 is 0. The molecule has 0 fully saturated rings. The Balaban J connectivity index is 1.96. The fourth-order valence-corrected chi connectivity index (χ4v) is 1.57. The van der Waals surface area contributed by atoms with E-state index in [9.17, 15) is 4.39 Å². The van der Waals surface area contributed by atoms with E-state index in [1.807, 2.05) is 13.1 Å². The summed E-state index contributed by atoms with van der Waals surface area (Å²) in [5, 5.41) is 9.78. The number of halogens is 1. The van der Waals surface area contributed by atoms with Gasteiger partial charge in [0, 0.05) is 39.0 Å². The first-order valence-electron chi connectivity index (χ1n) is 5.61. The lowest BCUT2D eigenvalue weighted by molar-refractivity contribution is 0.616. The van der Waals surface area contributed by atoms with Crippen LogP contribution in [-0.4, -0.2) is 33.3 Å². The minimum atomic E-state index is -0.459. The average molecular weight is 250 g/mol. The van der Waals surface area contributed by atoms with Gasteiger partial charge in [0.05, 0.1) is 6.20 Å². The van der Waals surface area contributed by atoms with Gasteiger partial charge in [0.2, 0.25) is 5.95 Å². The van der Waals surface area contributed by atoms with E-state index in [1.165, 1.54) is 0 Å². The van der Waals surface area contributed by atoms with E-state index in [1.54, 1.807) is 17.9 Å². The quantitative estimate of drug-likeness (QED) is 0.830. The summed E-state index contributed by atoms with van der Waals surface area (Å²) in [5.74, 6) is 0.134. The summed E-state index contributed by atoms with van der Waals surface area (Å²) in [6, 6.07) is 1.93. The highest BCUT2D eigenvalue weighted by Crippen LogP contribution is 2.11. The predicted molar refractivity (Wildman–Crippen MR) is 66.9 cm³/mol. The van der Waals surface area contributed by atoms with E-state index in [-0.39, 0.29) is 5.82 Å². The van der Waals surface area contributed by atoms with Gasteiger partial charge in [-0.2, -0.15) is 10.1 Å². The third kappa shape index (κ3) is 2.73. The molecule has 0 saturated carbocycles. The molecule has 0 aromatic carbocycles. The van der Waals surface area contributed by atoms with Crippen molar-refractivity contribution in [3.05, 3.63) is 30.0 Å². The Bertz CT molecular complexity index is 524. The minimum absolute atomic E-state index is 0.205. The molecular formula is C11H15FN6. The molecule has 0 aliphatic carbocycles. The van der Waals surface area contributed by atoms with Crippen molar-refractivity contribution in [2.24, 2.45) is 7.05 Å². The maximum Gasteiger partial charge on any atom is 0.224 e. The van der Waals surface area contributed by atoms with Gasteiger partial charge < -0.3 is 10.6 Å². The smallest absolute Gasteiger partial charge is 0.224 e. The van der Waals surface area contributed by atoms with E-state index in [0.29, 0.717) is 12.5 Å². The lowest BCUT2D eigenvalue weighted by Crippen LogP contribution is -2.11. The monoisotopic (exact) mass is 250 g/mol. The minimum Gasteiger partial charge on any atom is -0.367 e. The summed E-state index contributed by atoms with van der Waals surface area (Å²) in [5.41, 5.74) is 1.07. The fraction of sp³-hybridized carbons (Fsp3) is 0.364. The number of rotatable bonds is 5. The number of aryl methyl sites for hydroxylation is 1. The van der Waals surface area contributed by atoms with Crippen molar-refractivity contribution in [1.82, 2.24) is 19.7 Å². The molecule has 18 heavy (non-hydrogen) atoms. The topological polar surface area (TPSA) is 67.7 Å². The Labute approximate surface area is 104 Å². The molecule has 7 heteroatoms. The van der Waals surface area contributed by atoms with Crippen molar-refractivity contribution >= 4 is 11.8 Å². The Kier molecular flexibility index (Phi) is 3.71. The van der Waals surface area contributed by atoms with Crippen LogP contribution in [0.25, 0.3) is 0 Å². The number of hydrogen-bond acceptors (Lipinski definition) is 5. The van der Waals surface area contributed by atoms with Gasteiger partial charge in [0.25, 0.3) is 0 Å². The van der Waals surface area contributed by atoms with Gasteiger partial charge in [-0.05, 0) is 6.07 Å². The molecule has 0 unspecified atom stereocenters. The molecule has 2 N–H and O–H groups in total. The highest BCUT2D eigenvalue weighted by molar-refractivity contribution is 5.40. The van der Waals surface area contributed by atoms with Gasteiger partial charge in [0.1, 0.15) is 0 Å². The molecule has 0 aliphatic heterocycles. The second kappa shape index (κ2) is 5.44. The van der Waals surface area contributed by atoms with E-state index in [4.69, 9.17) is 0 Å². The zero-order valence-electron chi connectivity index (χ0n) is 10.3. The van der Waals surface area contributed by atoms with E-state index in [2.05, 4.69) is 25.7 Å². The number of anilines is 2. The van der Waals surface area contributed by atoms with Crippen LogP contribution in [0, 0.1) is 5.82 Å². The average Bonchev–Trinajstić information content (AvgIpc) is 2.77. The molecule has 0 spiro atoms. The first kappa shape index (κ1) is 12.3. The number of nitrogens with one attached hydrogen (secondary N) is 2. The van der Waals surface area contributed by atoms with Crippen LogP contribution in [0.4, 0.5) is 16.2 Å². The van der Waals surface area contributed by atoms with Crippen molar-refractivity contribution in [2.75, 3.05) is 24.2 Å². The van der Waals surface area contributed by atoms with Crippen LogP contribution >= 0.6 is 0 Å². The normalized spacial score (nSPS) is 10.4. The SMILES string of the molecule is CNc1ncc(F)c(NCCc2ccnn2C)n1. The molecule has 2 heterocycles. The summed E-state index contributed by atoms with van der Waals surface area (Å²) < 4.78 is 15.2. The maximum atomic E-state index is 13.4. The van der Waals surface area contributed by atoms with Crippen molar-refractivity contribution < 1.29 is 4.39 Å². The molecule has 2 rings (SSSR count). The molecule has 2 aromatic rings. The Morgan fingerprint density at radius 2 is 2.28 bits per heavy atom. The van der Waals surface area contributed by atoms with Crippen LogP contribution in [0.1, 0.15) is 5.69 Å². The van der Waals surface area contributed by atoms with Crippen LogP contribution in [0.3, 0.4) is 0 Å². The van der Waals surface area contributed by atoms with Crippen molar-refractivity contribution in [1.29, 1.82) is 0 Å². The predicted octanol–water partition coefficient (Wildman–Crippen LogP) is 1.05. The third-order valence-electron chi connectivity index (χ3n) is 2.56. The van der Waals surface area contributed by atoms with Crippen LogP contribution in [-0.2, 0) is 13.5 Å². The molecule has 6 nitrogen and oxygen atoms in total. The maximum absolute atomic E-state index is 13.4. The number of nitrogens with zero attached hydrogens (tertiary/aromatic N) is 4. The number of hydrogen-bond donors (Lipinski definition) is 2. The Morgan fingerprint density at radius 3 is 2.94 bits per heavy atom. The fourth-order valence-electron chi connectivity index (χ4n) is 1.57. The van der Waals surface area contributed by atoms with Crippen LogP contribution in [0.2, 0.25) is 0 Å². The van der Waals surface area contributed by atoms with Gasteiger partial charge in [0.15, 0.2) is 11.6 Å². The molecule has 96 valence electrons. The van der Waals surface area contributed by atoms with Gasteiger partial charge in [-0.15, -0.1) is 0 Å². The van der Waals surface area contributed by atoms with E-state index < -0.39 is 5.82 Å². The van der Waals surface area contributed by atoms with Gasteiger partial charge in [-0.3, -0.25) is 4.68 Å². The van der Waals surface area contributed by atoms with Crippen LogP contribution in [0.15, 0.2) is 18.5 Å². The lowest BCUT2D eigenvalue weighted by Gasteiger charge is -2.08. The summed E-state index contributed by atoms with van der Waals surface area (Å²) in [6.07, 6.45) is 3.62. The third-order valence-corrected chi connectivity index (χ3v) is 2.56. The van der Waals surface area contributed by atoms with Gasteiger partial charge in [-0.25, -0.2) is 9.37 Å². The molecule has 0 amide bonds. The molecule has 0 bridgehead atoms. The van der Waals surface area contributed by atoms with Crippen LogP contribution in [0.5, 0.6) is 0 Å². The van der Waals surface area contributed by atoms with Gasteiger partial charge in [-0.1, -0.05) is 0 Å². The van der Waals surface area contributed by atoms with Crippen molar-refractivity contribution in [2.45, 2.75) is 6.42 Å². The Hall–Kier alpha value is -2.18. The highest BCUT2D eigenvalue weighted by Gasteiger charge is 2.06. The highest BCUT2D eigenvalue weighted by atomic mass is 19.1. The van der Waals surface area contributed by atoms with Crippen molar-refractivity contribution in [3.63, 3.8) is 0 Å². The van der Waals surface area contributed by atoms with Gasteiger partial charge >= 0.3 is 0 Å². The first-order chi connectivity index (χ1) is 8.70.